The zero-order chi connectivity index (χ0) is 16.0. The van der Waals surface area contributed by atoms with E-state index < -0.39 is 0 Å². The van der Waals surface area contributed by atoms with Gasteiger partial charge in [-0.05, 0) is 72.4 Å². The lowest BCUT2D eigenvalue weighted by Gasteiger charge is -2.14. The highest BCUT2D eigenvalue weighted by atomic mass is 16.3. The van der Waals surface area contributed by atoms with Crippen LogP contribution in [0.1, 0.15) is 33.8 Å². The molecule has 0 atom stereocenters. The molecule has 0 fully saturated rings. The van der Waals surface area contributed by atoms with E-state index in [2.05, 4.69) is 62.7 Å². The van der Waals surface area contributed by atoms with E-state index in [1.165, 1.54) is 33.4 Å². The fourth-order valence-corrected chi connectivity index (χ4v) is 3.31. The molecule has 0 spiro atoms. The summed E-state index contributed by atoms with van der Waals surface area (Å²) in [5.74, 6) is 1.88. The summed E-state index contributed by atoms with van der Waals surface area (Å²) in [6.45, 7) is 6.38. The van der Waals surface area contributed by atoms with E-state index in [0.29, 0.717) is 0 Å². The molecule has 23 heavy (non-hydrogen) atoms. The summed E-state index contributed by atoms with van der Waals surface area (Å²) in [6.07, 6.45) is 4.48. The Hall–Kier alpha value is -2.54. The van der Waals surface area contributed by atoms with Crippen molar-refractivity contribution in [3.05, 3.63) is 88.7 Å². The van der Waals surface area contributed by atoms with Crippen molar-refractivity contribution in [3.63, 3.8) is 0 Å². The van der Waals surface area contributed by atoms with E-state index >= 15 is 0 Å². The molecule has 113 valence electrons. The first kappa shape index (κ1) is 14.1. The van der Waals surface area contributed by atoms with Crippen LogP contribution in [0.4, 0.5) is 0 Å². The van der Waals surface area contributed by atoms with Gasteiger partial charge in [-0.3, -0.25) is 0 Å². The van der Waals surface area contributed by atoms with Gasteiger partial charge < -0.3 is 4.42 Å². The van der Waals surface area contributed by atoms with Gasteiger partial charge in [0.1, 0.15) is 11.5 Å². The van der Waals surface area contributed by atoms with E-state index in [1.807, 2.05) is 19.1 Å². The van der Waals surface area contributed by atoms with Crippen LogP contribution in [0.5, 0.6) is 0 Å². The summed E-state index contributed by atoms with van der Waals surface area (Å²) < 4.78 is 5.81. The number of allylic oxidation sites excluding steroid dienone is 1. The summed E-state index contributed by atoms with van der Waals surface area (Å²) in [6, 6.07) is 17.0. The average molecular weight is 299 g/mol. The van der Waals surface area contributed by atoms with Gasteiger partial charge in [-0.2, -0.15) is 0 Å². The zero-order valence-electron chi connectivity index (χ0n) is 13.7. The van der Waals surface area contributed by atoms with Crippen LogP contribution in [-0.2, 0) is 0 Å². The summed E-state index contributed by atoms with van der Waals surface area (Å²) >= 11 is 0. The molecule has 1 nitrogen and oxygen atoms in total. The average Bonchev–Trinajstić information content (AvgIpc) is 3.15. The van der Waals surface area contributed by atoms with Crippen molar-refractivity contribution >= 4 is 11.6 Å². The number of benzene rings is 2. The Morgan fingerprint density at radius 3 is 2.35 bits per heavy atom. The van der Waals surface area contributed by atoms with Crippen LogP contribution in [0.2, 0.25) is 0 Å². The molecule has 1 aromatic heterocycles. The van der Waals surface area contributed by atoms with Gasteiger partial charge in [-0.25, -0.2) is 0 Å². The number of hydrogen-bond acceptors (Lipinski definition) is 1. The fourth-order valence-electron chi connectivity index (χ4n) is 3.31. The molecule has 0 saturated carbocycles. The molecule has 4 rings (SSSR count). The highest BCUT2D eigenvalue weighted by Crippen LogP contribution is 2.41. The Labute approximate surface area is 137 Å². The maximum absolute atomic E-state index is 5.81. The van der Waals surface area contributed by atoms with E-state index in [0.717, 1.165) is 17.1 Å². The van der Waals surface area contributed by atoms with Crippen molar-refractivity contribution < 1.29 is 4.42 Å². The number of aryl methyl sites for hydroxylation is 2. The highest BCUT2D eigenvalue weighted by molar-refractivity contribution is 5.98. The molecule has 0 N–H and O–H groups in total. The lowest BCUT2D eigenvalue weighted by Crippen LogP contribution is -1.94. The molecular formula is C22H19O. The standard InChI is InChI=1S/C22H19O/c1-14-11-18-12-19(21-10-9-15(2)23-21)13-20(18)22(16(14)3)17-7-5-4-6-8-17/h4-13H,1-3H3. The van der Waals surface area contributed by atoms with Gasteiger partial charge in [0.15, 0.2) is 0 Å². The first-order valence-electron chi connectivity index (χ1n) is 7.96. The Bertz CT molecular complexity index is 911. The van der Waals surface area contributed by atoms with Gasteiger partial charge in [0.2, 0.25) is 0 Å². The van der Waals surface area contributed by atoms with Crippen molar-refractivity contribution in [3.8, 4) is 11.1 Å². The van der Waals surface area contributed by atoms with Crippen LogP contribution in [0, 0.1) is 27.2 Å². The van der Waals surface area contributed by atoms with Crippen molar-refractivity contribution in [2.75, 3.05) is 0 Å². The predicted octanol–water partition coefficient (Wildman–Crippen LogP) is 5.98. The van der Waals surface area contributed by atoms with Crippen LogP contribution in [-0.4, -0.2) is 0 Å². The SMILES string of the molecule is Cc1ccc(C2=Cc3c(cc(C)c(C)c3-c3ccccc3)[CH]2)o1. The maximum atomic E-state index is 5.81. The van der Waals surface area contributed by atoms with Gasteiger partial charge in [0, 0.05) is 12.0 Å². The first-order valence-corrected chi connectivity index (χ1v) is 7.96. The second-order valence-corrected chi connectivity index (χ2v) is 6.22. The summed E-state index contributed by atoms with van der Waals surface area (Å²) in [5.41, 5.74) is 8.98. The Morgan fingerprint density at radius 2 is 1.65 bits per heavy atom. The number of rotatable bonds is 2. The minimum absolute atomic E-state index is 0.938. The molecule has 0 saturated heterocycles. The van der Waals surface area contributed by atoms with Crippen molar-refractivity contribution in [2.24, 2.45) is 0 Å². The Morgan fingerprint density at radius 1 is 0.870 bits per heavy atom. The molecule has 1 aliphatic rings. The highest BCUT2D eigenvalue weighted by Gasteiger charge is 2.22. The molecule has 0 unspecified atom stereocenters. The van der Waals surface area contributed by atoms with Crippen molar-refractivity contribution in [2.45, 2.75) is 20.8 Å². The molecule has 2 aromatic carbocycles. The normalized spacial score (nSPS) is 13.1. The maximum Gasteiger partial charge on any atom is 0.130 e. The fraction of sp³-hybridized carbons (Fsp3) is 0.136. The van der Waals surface area contributed by atoms with Crippen molar-refractivity contribution in [1.29, 1.82) is 0 Å². The zero-order valence-corrected chi connectivity index (χ0v) is 13.7. The second-order valence-electron chi connectivity index (χ2n) is 6.22. The van der Waals surface area contributed by atoms with Crippen LogP contribution in [0.25, 0.3) is 22.8 Å². The Kier molecular flexibility index (Phi) is 3.23. The molecule has 3 aromatic rings. The second kappa shape index (κ2) is 5.27. The van der Waals surface area contributed by atoms with E-state index in [4.69, 9.17) is 4.42 Å². The summed E-state index contributed by atoms with van der Waals surface area (Å²) in [5, 5.41) is 0. The number of hydrogen-bond donors (Lipinski definition) is 0. The quantitative estimate of drug-likeness (QED) is 0.567. The lowest BCUT2D eigenvalue weighted by atomic mass is 9.90. The van der Waals surface area contributed by atoms with Gasteiger partial charge in [-0.15, -0.1) is 0 Å². The predicted molar refractivity (Wildman–Crippen MR) is 96.1 cm³/mol. The third kappa shape index (κ3) is 2.33. The molecule has 1 aliphatic carbocycles. The summed E-state index contributed by atoms with van der Waals surface area (Å²) in [4.78, 5) is 0. The van der Waals surface area contributed by atoms with Crippen molar-refractivity contribution in [1.82, 2.24) is 0 Å². The number of furan rings is 1. The van der Waals surface area contributed by atoms with Gasteiger partial charge in [-0.1, -0.05) is 36.4 Å². The van der Waals surface area contributed by atoms with E-state index in [-0.39, 0.29) is 0 Å². The molecule has 0 amide bonds. The molecule has 0 aliphatic heterocycles. The Balaban J connectivity index is 1.91. The van der Waals surface area contributed by atoms with Gasteiger partial charge in [0.25, 0.3) is 0 Å². The molecule has 1 heterocycles. The molecule has 1 radical (unpaired) electrons. The topological polar surface area (TPSA) is 13.1 Å². The monoisotopic (exact) mass is 299 g/mol. The smallest absolute Gasteiger partial charge is 0.130 e. The third-order valence-corrected chi connectivity index (χ3v) is 4.62. The number of fused-ring (bicyclic) bond motifs is 1. The van der Waals surface area contributed by atoms with Crippen LogP contribution in [0.3, 0.4) is 0 Å². The lowest BCUT2D eigenvalue weighted by molar-refractivity contribution is 0.522. The van der Waals surface area contributed by atoms with Crippen LogP contribution < -0.4 is 0 Å². The minimum Gasteiger partial charge on any atom is -0.462 e. The summed E-state index contributed by atoms with van der Waals surface area (Å²) in [7, 11) is 0. The largest absolute Gasteiger partial charge is 0.462 e. The van der Waals surface area contributed by atoms with E-state index in [1.54, 1.807) is 0 Å². The third-order valence-electron chi connectivity index (χ3n) is 4.62. The van der Waals surface area contributed by atoms with Gasteiger partial charge >= 0.3 is 0 Å². The minimum atomic E-state index is 0.938. The molecule has 0 bridgehead atoms. The molecule has 1 heteroatoms. The first-order chi connectivity index (χ1) is 11.1. The van der Waals surface area contributed by atoms with Crippen LogP contribution >= 0.6 is 0 Å². The van der Waals surface area contributed by atoms with Gasteiger partial charge in [0.05, 0.1) is 0 Å². The van der Waals surface area contributed by atoms with E-state index in [9.17, 15) is 0 Å². The van der Waals surface area contributed by atoms with Crippen LogP contribution in [0.15, 0.2) is 52.9 Å². The molecular weight excluding hydrogens is 280 g/mol.